The average Bonchev–Trinajstić information content (AvgIpc) is 4.03. The topological polar surface area (TPSA) is 153 Å². The summed E-state index contributed by atoms with van der Waals surface area (Å²) in [6.45, 7) is 5.83. The molecular weight excluding hydrogens is 885 g/mol. The van der Waals surface area contributed by atoms with E-state index < -0.39 is 20.0 Å². The van der Waals surface area contributed by atoms with Gasteiger partial charge in [-0.1, -0.05) is 35.9 Å². The van der Waals surface area contributed by atoms with Crippen molar-refractivity contribution in [1.82, 2.24) is 18.6 Å². The lowest BCUT2D eigenvalue weighted by molar-refractivity contribution is 0.369. The molecule has 2 saturated heterocycles. The third-order valence-corrected chi connectivity index (χ3v) is 16.4. The normalized spacial score (nSPS) is 15.0. The van der Waals surface area contributed by atoms with E-state index in [4.69, 9.17) is 33.7 Å². The Balaban J connectivity index is 0.000000189. The van der Waals surface area contributed by atoms with Crippen molar-refractivity contribution in [2.24, 2.45) is 0 Å². The van der Waals surface area contributed by atoms with E-state index in [9.17, 15) is 16.8 Å². The van der Waals surface area contributed by atoms with Crippen LogP contribution in [0.5, 0.6) is 28.7 Å². The Morgan fingerprint density at radius 1 is 0.508 bits per heavy atom. The zero-order valence-electron chi connectivity index (χ0n) is 35.9. The summed E-state index contributed by atoms with van der Waals surface area (Å²) >= 11 is 3.13. The van der Waals surface area contributed by atoms with Crippen molar-refractivity contribution in [2.45, 2.75) is 16.7 Å². The van der Waals surface area contributed by atoms with E-state index in [1.807, 2.05) is 35.7 Å². The Bertz CT molecular complexity index is 2730. The van der Waals surface area contributed by atoms with E-state index in [-0.39, 0.29) is 21.3 Å². The highest BCUT2D eigenvalue weighted by molar-refractivity contribution is 7.89. The number of hydrogen-bond acceptors (Lipinski definition) is 15. The van der Waals surface area contributed by atoms with E-state index in [1.54, 1.807) is 54.0 Å². The van der Waals surface area contributed by atoms with E-state index in [0.717, 1.165) is 38.5 Å². The molecule has 8 rings (SSSR count). The van der Waals surface area contributed by atoms with E-state index in [2.05, 4.69) is 40.3 Å². The van der Waals surface area contributed by atoms with Crippen molar-refractivity contribution in [3.05, 3.63) is 101 Å². The molecule has 2 aliphatic heterocycles. The molecule has 0 aliphatic carbocycles. The Morgan fingerprint density at radius 3 is 1.46 bits per heavy atom. The van der Waals surface area contributed by atoms with Gasteiger partial charge in [-0.25, -0.2) is 26.8 Å². The number of para-hydroxylation sites is 1. The minimum atomic E-state index is -3.69. The first-order valence-electron chi connectivity index (χ1n) is 20.0. The molecule has 0 atom stereocenters. The van der Waals surface area contributed by atoms with Crippen molar-refractivity contribution in [3.8, 4) is 51.3 Å². The molecule has 2 aromatic heterocycles. The maximum absolute atomic E-state index is 13.2. The van der Waals surface area contributed by atoms with Gasteiger partial charge >= 0.3 is 0 Å². The molecule has 2 aliphatic rings. The Morgan fingerprint density at radius 2 is 0.984 bits per heavy atom. The average molecular weight is 935 g/mol. The Kier molecular flexibility index (Phi) is 14.4. The largest absolute Gasteiger partial charge is 0.497 e. The van der Waals surface area contributed by atoms with Crippen molar-refractivity contribution in [1.29, 1.82) is 0 Å². The number of piperazine rings is 2. The smallest absolute Gasteiger partial charge is 0.246 e. The van der Waals surface area contributed by atoms with Gasteiger partial charge in [-0.3, -0.25) is 0 Å². The molecule has 6 aromatic rings. The standard InChI is InChI=1S/C22H25N3O5S2.C22H25N3O4S2/c1-28-16-8-9-21(20(14-16)30-3)32(26,27)25-12-10-24(11-13-25)22-23-18(15-31-22)17-6-4-5-7-19(17)29-2;1-16-5-4-6-17(13-16)19-15-30-22(23-19)24-9-11-25(12-10-24)31(26,27)21-8-7-18(28-2)14-20(21)29-3/h4-9,14-15H,10-13H2,1-3H3;4-8,13-15H,9-12H2,1-3H3. The number of thiazole rings is 2. The number of aryl methyl sites for hydroxylation is 1. The van der Waals surface area contributed by atoms with Crippen LogP contribution in [0.15, 0.2) is 105 Å². The Labute approximate surface area is 377 Å². The molecule has 0 unspecified atom stereocenters. The van der Waals surface area contributed by atoms with E-state index >= 15 is 0 Å². The number of hydrogen-bond donors (Lipinski definition) is 0. The van der Waals surface area contributed by atoms with Gasteiger partial charge in [0.15, 0.2) is 10.3 Å². The lowest BCUT2D eigenvalue weighted by atomic mass is 10.1. The van der Waals surface area contributed by atoms with Crippen LogP contribution in [0.25, 0.3) is 22.5 Å². The monoisotopic (exact) mass is 934 g/mol. The molecule has 334 valence electrons. The van der Waals surface area contributed by atoms with E-state index in [1.165, 1.54) is 54.7 Å². The molecule has 19 heteroatoms. The lowest BCUT2D eigenvalue weighted by Crippen LogP contribution is -2.48. The number of sulfonamides is 2. The van der Waals surface area contributed by atoms with Crippen LogP contribution in [0.3, 0.4) is 0 Å². The van der Waals surface area contributed by atoms with Crippen molar-refractivity contribution in [3.63, 3.8) is 0 Å². The van der Waals surface area contributed by atoms with Gasteiger partial charge in [-0.2, -0.15) is 8.61 Å². The molecule has 4 heterocycles. The van der Waals surface area contributed by atoms with Gasteiger partial charge < -0.3 is 33.5 Å². The number of rotatable bonds is 13. The summed E-state index contributed by atoms with van der Waals surface area (Å²) in [7, 11) is 0.255. The summed E-state index contributed by atoms with van der Waals surface area (Å²) in [5, 5.41) is 5.83. The van der Waals surface area contributed by atoms with Crippen LogP contribution < -0.4 is 33.5 Å². The van der Waals surface area contributed by atoms with Crippen LogP contribution in [-0.2, 0) is 20.0 Å². The number of methoxy groups -OCH3 is 5. The van der Waals surface area contributed by atoms with Crippen LogP contribution >= 0.6 is 22.7 Å². The first kappa shape index (κ1) is 45.6. The zero-order chi connectivity index (χ0) is 44.7. The van der Waals surface area contributed by atoms with Crippen molar-refractivity contribution >= 4 is 53.0 Å². The highest BCUT2D eigenvalue weighted by Crippen LogP contribution is 2.36. The van der Waals surface area contributed by atoms with Gasteiger partial charge in [0.2, 0.25) is 20.0 Å². The first-order valence-corrected chi connectivity index (χ1v) is 24.6. The molecular formula is C44H50N6O9S4. The molecule has 2 fully saturated rings. The van der Waals surface area contributed by atoms with Gasteiger partial charge in [0.25, 0.3) is 0 Å². The summed E-state index contributed by atoms with van der Waals surface area (Å²) in [4.78, 5) is 14.1. The summed E-state index contributed by atoms with van der Waals surface area (Å²) in [5.41, 5.74) is 5.02. The minimum Gasteiger partial charge on any atom is -0.497 e. The Hall–Kier alpha value is -5.44. The maximum atomic E-state index is 13.2. The molecule has 0 spiro atoms. The van der Waals surface area contributed by atoms with Gasteiger partial charge in [-0.15, -0.1) is 22.7 Å². The van der Waals surface area contributed by atoms with Gasteiger partial charge in [0.1, 0.15) is 38.5 Å². The second kappa shape index (κ2) is 19.9. The number of aromatic nitrogens is 2. The van der Waals surface area contributed by atoms with E-state index in [0.29, 0.717) is 63.9 Å². The molecule has 15 nitrogen and oxygen atoms in total. The predicted octanol–water partition coefficient (Wildman–Crippen LogP) is 6.99. The highest BCUT2D eigenvalue weighted by Gasteiger charge is 2.33. The van der Waals surface area contributed by atoms with Crippen LogP contribution in [0.2, 0.25) is 0 Å². The van der Waals surface area contributed by atoms with Gasteiger partial charge in [0, 0.05) is 86.4 Å². The summed E-state index contributed by atoms with van der Waals surface area (Å²) in [6, 6.07) is 25.5. The van der Waals surface area contributed by atoms with Crippen LogP contribution in [0, 0.1) is 6.92 Å². The predicted molar refractivity (Wildman–Crippen MR) is 247 cm³/mol. The van der Waals surface area contributed by atoms with Crippen LogP contribution in [0.1, 0.15) is 5.56 Å². The van der Waals surface area contributed by atoms with Gasteiger partial charge in [0.05, 0.1) is 46.9 Å². The number of nitrogens with zero attached hydrogens (tertiary/aromatic N) is 6. The fourth-order valence-corrected chi connectivity index (χ4v) is 12.1. The molecule has 4 aromatic carbocycles. The van der Waals surface area contributed by atoms with Crippen LogP contribution in [0.4, 0.5) is 10.3 Å². The summed E-state index contributed by atoms with van der Waals surface area (Å²) in [6.07, 6.45) is 0. The third-order valence-electron chi connectivity index (χ3n) is 10.7. The summed E-state index contributed by atoms with van der Waals surface area (Å²) < 4.78 is 82.3. The van der Waals surface area contributed by atoms with Crippen LogP contribution in [-0.4, -0.2) is 123 Å². The second-order valence-corrected chi connectivity index (χ2v) is 19.9. The number of anilines is 2. The molecule has 0 radical (unpaired) electrons. The lowest BCUT2D eigenvalue weighted by Gasteiger charge is -2.34. The highest BCUT2D eigenvalue weighted by atomic mass is 32.2. The van der Waals surface area contributed by atoms with Crippen molar-refractivity contribution < 1.29 is 40.5 Å². The zero-order valence-corrected chi connectivity index (χ0v) is 39.2. The first-order chi connectivity index (χ1) is 30.4. The fraction of sp³-hybridized carbons (Fsp3) is 0.318. The summed E-state index contributed by atoms with van der Waals surface area (Å²) in [5.74, 6) is 2.42. The number of ether oxygens (including phenoxy) is 5. The molecule has 0 N–H and O–H groups in total. The molecule has 0 saturated carbocycles. The minimum absolute atomic E-state index is 0.141. The molecule has 0 amide bonds. The molecule has 0 bridgehead atoms. The van der Waals surface area contributed by atoms with Gasteiger partial charge in [-0.05, 0) is 49.4 Å². The fourth-order valence-electron chi connectivity index (χ4n) is 7.23. The number of benzene rings is 4. The third kappa shape index (κ3) is 10.0. The quantitative estimate of drug-likeness (QED) is 0.117. The molecule has 63 heavy (non-hydrogen) atoms. The van der Waals surface area contributed by atoms with Crippen molar-refractivity contribution in [2.75, 3.05) is 97.7 Å². The SMILES string of the molecule is COc1ccc(S(=O)(=O)N2CCN(c3nc(-c4cccc(C)c4)cs3)CC2)c(OC)c1.COc1ccc(S(=O)(=O)N2CCN(c3nc(-c4ccccc4OC)cs3)CC2)c(OC)c1. The maximum Gasteiger partial charge on any atom is 0.246 e. The second-order valence-electron chi connectivity index (χ2n) is 14.4.